The van der Waals surface area contributed by atoms with E-state index in [0.29, 0.717) is 25.5 Å². The van der Waals surface area contributed by atoms with Crippen molar-refractivity contribution in [3.63, 3.8) is 0 Å². The van der Waals surface area contributed by atoms with E-state index in [1.807, 2.05) is 11.5 Å². The molecule has 1 aromatic heterocycles. The van der Waals surface area contributed by atoms with Crippen molar-refractivity contribution in [2.75, 3.05) is 13.6 Å². The molecule has 0 aliphatic heterocycles. The van der Waals surface area contributed by atoms with Crippen molar-refractivity contribution in [2.24, 2.45) is 4.99 Å². The largest absolute Gasteiger partial charge is 0.416 e. The predicted molar refractivity (Wildman–Crippen MR) is 104 cm³/mol. The van der Waals surface area contributed by atoms with Crippen molar-refractivity contribution in [1.82, 2.24) is 25.4 Å². The number of aliphatic imine (C=N–C) groups is 1. The molecule has 0 fully saturated rings. The molecule has 2 aromatic rings. The molecule has 0 saturated carbocycles. The fourth-order valence-corrected chi connectivity index (χ4v) is 2.25. The smallest absolute Gasteiger partial charge is 0.356 e. The van der Waals surface area contributed by atoms with Crippen LogP contribution < -0.4 is 10.6 Å². The number of nitrogens with one attached hydrogen (secondary N) is 2. The molecule has 0 unspecified atom stereocenters. The number of guanidine groups is 1. The molecule has 26 heavy (non-hydrogen) atoms. The summed E-state index contributed by atoms with van der Waals surface area (Å²) in [6.45, 7) is 3.81. The number of alkyl halides is 3. The van der Waals surface area contributed by atoms with Gasteiger partial charge in [0.1, 0.15) is 6.33 Å². The first-order valence-corrected chi connectivity index (χ1v) is 7.91. The quantitative estimate of drug-likeness (QED) is 0.378. The second kappa shape index (κ2) is 10.3. The third kappa shape index (κ3) is 6.46. The van der Waals surface area contributed by atoms with Crippen molar-refractivity contribution in [3.8, 4) is 0 Å². The Hall–Kier alpha value is -1.85. The van der Waals surface area contributed by atoms with Crippen LogP contribution in [0.15, 0.2) is 35.6 Å². The molecular formula is C16H22F3IN6. The second-order valence-electron chi connectivity index (χ2n) is 5.33. The van der Waals surface area contributed by atoms with E-state index in [1.54, 1.807) is 13.4 Å². The lowest BCUT2D eigenvalue weighted by Gasteiger charge is -2.12. The number of aryl methyl sites for hydroxylation is 1. The summed E-state index contributed by atoms with van der Waals surface area (Å²) in [7, 11) is 1.65. The fraction of sp³-hybridized carbons (Fsp3) is 0.438. The molecule has 0 spiro atoms. The summed E-state index contributed by atoms with van der Waals surface area (Å²) in [4.78, 5) is 4.11. The van der Waals surface area contributed by atoms with Crippen LogP contribution in [-0.4, -0.2) is 34.3 Å². The number of rotatable bonds is 6. The monoisotopic (exact) mass is 482 g/mol. The zero-order valence-corrected chi connectivity index (χ0v) is 16.9. The van der Waals surface area contributed by atoms with Gasteiger partial charge in [0, 0.05) is 20.1 Å². The molecule has 2 rings (SSSR count). The van der Waals surface area contributed by atoms with E-state index in [0.717, 1.165) is 30.1 Å². The molecule has 0 radical (unpaired) electrons. The van der Waals surface area contributed by atoms with E-state index in [4.69, 9.17) is 0 Å². The zero-order valence-electron chi connectivity index (χ0n) is 14.5. The lowest BCUT2D eigenvalue weighted by atomic mass is 10.1. The predicted octanol–water partition coefficient (Wildman–Crippen LogP) is 2.84. The van der Waals surface area contributed by atoms with Crippen molar-refractivity contribution >= 4 is 29.9 Å². The van der Waals surface area contributed by atoms with Gasteiger partial charge in [0.2, 0.25) is 0 Å². The van der Waals surface area contributed by atoms with E-state index in [2.05, 4.69) is 25.8 Å². The third-order valence-electron chi connectivity index (χ3n) is 3.66. The van der Waals surface area contributed by atoms with Crippen LogP contribution in [-0.2, 0) is 25.7 Å². The van der Waals surface area contributed by atoms with Gasteiger partial charge in [-0.3, -0.25) is 4.99 Å². The number of benzene rings is 1. The van der Waals surface area contributed by atoms with E-state index >= 15 is 0 Å². The van der Waals surface area contributed by atoms with Crippen LogP contribution in [0.5, 0.6) is 0 Å². The van der Waals surface area contributed by atoms with Crippen LogP contribution in [0, 0.1) is 0 Å². The highest BCUT2D eigenvalue weighted by molar-refractivity contribution is 14.0. The Kier molecular flexibility index (Phi) is 8.82. The van der Waals surface area contributed by atoms with Gasteiger partial charge in [0.25, 0.3) is 0 Å². The summed E-state index contributed by atoms with van der Waals surface area (Å²) in [5.74, 6) is 1.39. The van der Waals surface area contributed by atoms with E-state index in [-0.39, 0.29) is 24.0 Å². The topological polar surface area (TPSA) is 67.1 Å². The first-order valence-electron chi connectivity index (χ1n) is 7.91. The molecule has 0 amide bonds. The van der Waals surface area contributed by atoms with Gasteiger partial charge in [-0.2, -0.15) is 13.2 Å². The summed E-state index contributed by atoms with van der Waals surface area (Å²) in [5, 5.41) is 14.1. The molecule has 0 aliphatic rings. The lowest BCUT2D eigenvalue weighted by Crippen LogP contribution is -2.38. The summed E-state index contributed by atoms with van der Waals surface area (Å²) in [6, 6.07) is 5.18. The molecule has 0 aliphatic carbocycles. The summed E-state index contributed by atoms with van der Waals surface area (Å²) in [6.07, 6.45) is -2.05. The Morgan fingerprint density at radius 1 is 1.19 bits per heavy atom. The number of halogens is 4. The number of aromatic nitrogens is 3. The average molecular weight is 482 g/mol. The fourth-order valence-electron chi connectivity index (χ4n) is 2.25. The molecular weight excluding hydrogens is 460 g/mol. The minimum atomic E-state index is -4.30. The van der Waals surface area contributed by atoms with Gasteiger partial charge in [-0.25, -0.2) is 0 Å². The molecule has 0 bridgehead atoms. The van der Waals surface area contributed by atoms with Crippen LogP contribution in [0.2, 0.25) is 0 Å². The highest BCUT2D eigenvalue weighted by Gasteiger charge is 2.29. The number of hydrogen-bond acceptors (Lipinski definition) is 3. The molecule has 2 N–H and O–H groups in total. The van der Waals surface area contributed by atoms with Crippen LogP contribution in [0.25, 0.3) is 0 Å². The molecule has 0 atom stereocenters. The van der Waals surface area contributed by atoms with E-state index < -0.39 is 11.7 Å². The molecule has 144 valence electrons. The van der Waals surface area contributed by atoms with Crippen LogP contribution >= 0.6 is 24.0 Å². The normalized spacial score (nSPS) is 11.8. The molecule has 10 heteroatoms. The van der Waals surface area contributed by atoms with Gasteiger partial charge < -0.3 is 15.2 Å². The standard InChI is InChI=1S/C16H21F3N6.HI/c1-3-25-11-23-24-14(25)10-22-15(20-2)21-9-8-12-4-6-13(7-5-12)16(17,18)19;/h4-7,11H,3,8-10H2,1-2H3,(H2,20,21,22);1H. The average Bonchev–Trinajstić information content (AvgIpc) is 3.05. The Bertz CT molecular complexity index is 697. The molecule has 6 nitrogen and oxygen atoms in total. The lowest BCUT2D eigenvalue weighted by molar-refractivity contribution is -0.137. The van der Waals surface area contributed by atoms with Crippen molar-refractivity contribution in [3.05, 3.63) is 47.5 Å². The Morgan fingerprint density at radius 2 is 1.88 bits per heavy atom. The zero-order chi connectivity index (χ0) is 18.3. The third-order valence-corrected chi connectivity index (χ3v) is 3.66. The van der Waals surface area contributed by atoms with Crippen LogP contribution in [0.4, 0.5) is 13.2 Å². The van der Waals surface area contributed by atoms with Gasteiger partial charge in [-0.05, 0) is 31.0 Å². The van der Waals surface area contributed by atoms with Crippen LogP contribution in [0.3, 0.4) is 0 Å². The first kappa shape index (κ1) is 22.2. The van der Waals surface area contributed by atoms with Crippen molar-refractivity contribution in [1.29, 1.82) is 0 Å². The van der Waals surface area contributed by atoms with Gasteiger partial charge in [0.15, 0.2) is 11.8 Å². The molecule has 1 aromatic carbocycles. The highest BCUT2D eigenvalue weighted by atomic mass is 127. The van der Waals surface area contributed by atoms with Crippen molar-refractivity contribution in [2.45, 2.75) is 32.6 Å². The summed E-state index contributed by atoms with van der Waals surface area (Å²) >= 11 is 0. The minimum absolute atomic E-state index is 0. The SMILES string of the molecule is CCn1cnnc1CNC(=NC)NCCc1ccc(C(F)(F)F)cc1.I. The van der Waals surface area contributed by atoms with Gasteiger partial charge in [-0.1, -0.05) is 12.1 Å². The number of hydrogen-bond donors (Lipinski definition) is 2. The Balaban J connectivity index is 0.00000338. The summed E-state index contributed by atoms with van der Waals surface area (Å²) in [5.41, 5.74) is 0.184. The maximum absolute atomic E-state index is 12.5. The van der Waals surface area contributed by atoms with Crippen molar-refractivity contribution < 1.29 is 13.2 Å². The van der Waals surface area contributed by atoms with Gasteiger partial charge in [-0.15, -0.1) is 34.2 Å². The van der Waals surface area contributed by atoms with E-state index in [1.165, 1.54) is 12.1 Å². The maximum Gasteiger partial charge on any atom is 0.416 e. The molecule has 1 heterocycles. The molecule has 0 saturated heterocycles. The van der Waals surface area contributed by atoms with E-state index in [9.17, 15) is 13.2 Å². The van der Waals surface area contributed by atoms with Gasteiger partial charge in [0.05, 0.1) is 12.1 Å². The highest BCUT2D eigenvalue weighted by Crippen LogP contribution is 2.29. The van der Waals surface area contributed by atoms with Crippen LogP contribution in [0.1, 0.15) is 23.9 Å². The Morgan fingerprint density at radius 3 is 2.46 bits per heavy atom. The summed E-state index contributed by atoms with van der Waals surface area (Å²) < 4.78 is 39.5. The number of nitrogens with zero attached hydrogens (tertiary/aromatic N) is 4. The first-order chi connectivity index (χ1) is 11.9. The Labute approximate surface area is 167 Å². The van der Waals surface area contributed by atoms with Gasteiger partial charge >= 0.3 is 6.18 Å². The minimum Gasteiger partial charge on any atom is -0.356 e. The second-order valence-corrected chi connectivity index (χ2v) is 5.33. The maximum atomic E-state index is 12.5.